The predicted octanol–water partition coefficient (Wildman–Crippen LogP) is 6.73. The smallest absolute Gasteiger partial charge is 0.410 e. The largest absolute Gasteiger partial charge is 0.458 e. The topological polar surface area (TPSA) is 154 Å². The first-order valence-electron chi connectivity index (χ1n) is 21.4. The van der Waals surface area contributed by atoms with Crippen molar-refractivity contribution in [2.75, 3.05) is 27.2 Å². The Morgan fingerprint density at radius 3 is 2.41 bits per heavy atom. The number of hydrogen-bond acceptors (Lipinski definition) is 13. The summed E-state index contributed by atoms with van der Waals surface area (Å²) in [5.41, 5.74) is -0.406. The zero-order chi connectivity index (χ0) is 43.4. The van der Waals surface area contributed by atoms with Gasteiger partial charge in [-0.25, -0.2) is 4.79 Å². The number of ketones is 2. The fraction of sp³-hybridized carbons (Fsp3) is 0.711. The van der Waals surface area contributed by atoms with Crippen LogP contribution in [0.5, 0.6) is 0 Å². The standard InChI is InChI=1S/C45H67N3O10S/c1-12-35-45(9)39(48(43(53)58-45)21-15-14-17-31-25-46-20-19-32(31)34-18-16-22-59-34)28(5)36(49)26(3)24-44(8,54-11)40(29(6)37(50)30(7)41(52)56-35)57-42-38(51)33(47(10)13-2)23-27(4)55-42/h16,18-20,22,25-30,33,35,38-40,42,51H,12-15,17,21,23-24H2,1-11H3/t26-,27-,28+,29+,30-,33+,35-,38-,39+,40-,42+,44-,45-/m1/s1. The van der Waals surface area contributed by atoms with E-state index in [-0.39, 0.29) is 30.8 Å². The molecule has 3 aliphatic heterocycles. The van der Waals surface area contributed by atoms with Crippen molar-refractivity contribution < 1.29 is 48.0 Å². The summed E-state index contributed by atoms with van der Waals surface area (Å²) in [7, 11) is 3.44. The number of rotatable bonds is 12. The number of nitrogens with zero attached hydrogens (tertiary/aromatic N) is 3. The van der Waals surface area contributed by atoms with Crippen LogP contribution in [-0.2, 0) is 44.5 Å². The summed E-state index contributed by atoms with van der Waals surface area (Å²) in [6, 6.07) is 5.09. The predicted molar refractivity (Wildman–Crippen MR) is 225 cm³/mol. The molecule has 5 heterocycles. The Morgan fingerprint density at radius 1 is 1.03 bits per heavy atom. The highest BCUT2D eigenvalue weighted by Gasteiger charge is 2.60. The summed E-state index contributed by atoms with van der Waals surface area (Å²) in [6.07, 6.45) is 1.81. The van der Waals surface area contributed by atoms with Gasteiger partial charge in [0, 0.05) is 54.7 Å². The second kappa shape index (κ2) is 19.6. The number of pyridine rings is 1. The second-order valence-corrected chi connectivity index (χ2v) is 18.4. The lowest BCUT2D eigenvalue weighted by molar-refractivity contribution is -0.296. The molecule has 14 heteroatoms. The maximum Gasteiger partial charge on any atom is 0.410 e. The summed E-state index contributed by atoms with van der Waals surface area (Å²) in [5, 5.41) is 13.6. The maximum atomic E-state index is 14.8. The van der Waals surface area contributed by atoms with Crippen molar-refractivity contribution in [3.05, 3.63) is 41.5 Å². The number of aliphatic hydroxyl groups is 1. The Balaban J connectivity index is 1.46. The molecule has 13 nitrogen and oxygen atoms in total. The summed E-state index contributed by atoms with van der Waals surface area (Å²) in [4.78, 5) is 66.3. The first-order chi connectivity index (χ1) is 27.9. The fourth-order valence-electron chi connectivity index (χ4n) is 9.76. The number of carbonyl (C=O) groups is 4. The normalized spacial score (nSPS) is 36.3. The van der Waals surface area contributed by atoms with E-state index in [2.05, 4.69) is 11.1 Å². The van der Waals surface area contributed by atoms with Gasteiger partial charge in [0.15, 0.2) is 17.7 Å². The zero-order valence-corrected chi connectivity index (χ0v) is 37.7. The molecule has 1 N–H and O–H groups in total. The number of likely N-dealkylation sites (N-methyl/N-ethyl adjacent to an activating group) is 1. The Bertz CT molecular complexity index is 1760. The number of esters is 1. The molecule has 0 unspecified atom stereocenters. The van der Waals surface area contributed by atoms with Crippen LogP contribution in [0.15, 0.2) is 36.0 Å². The van der Waals surface area contributed by atoms with Gasteiger partial charge in [-0.05, 0) is 108 Å². The number of carbonyl (C=O) groups excluding carboxylic acids is 4. The third-order valence-corrected chi connectivity index (χ3v) is 14.3. The van der Waals surface area contributed by atoms with Gasteiger partial charge in [-0.1, -0.05) is 40.7 Å². The maximum absolute atomic E-state index is 14.8. The van der Waals surface area contributed by atoms with Crippen molar-refractivity contribution in [1.29, 1.82) is 0 Å². The van der Waals surface area contributed by atoms with E-state index >= 15 is 0 Å². The third kappa shape index (κ3) is 9.78. The summed E-state index contributed by atoms with van der Waals surface area (Å²) in [6.45, 7) is 17.1. The van der Waals surface area contributed by atoms with Crippen molar-refractivity contribution in [3.8, 4) is 10.4 Å². The molecule has 3 aliphatic rings. The zero-order valence-electron chi connectivity index (χ0n) is 36.8. The van der Waals surface area contributed by atoms with E-state index in [1.807, 2.05) is 70.3 Å². The van der Waals surface area contributed by atoms with Crippen LogP contribution in [-0.4, -0.2) is 125 Å². The average Bonchev–Trinajstić information content (AvgIpc) is 3.85. The summed E-state index contributed by atoms with van der Waals surface area (Å²) < 4.78 is 31.4. The van der Waals surface area contributed by atoms with Crippen molar-refractivity contribution in [2.24, 2.45) is 23.7 Å². The molecule has 3 fully saturated rings. The van der Waals surface area contributed by atoms with Crippen molar-refractivity contribution in [3.63, 3.8) is 0 Å². The van der Waals surface area contributed by atoms with Gasteiger partial charge < -0.3 is 38.6 Å². The monoisotopic (exact) mass is 841 g/mol. The molecule has 59 heavy (non-hydrogen) atoms. The highest BCUT2D eigenvalue weighted by atomic mass is 32.1. The van der Waals surface area contributed by atoms with E-state index < -0.39 is 83.4 Å². The molecule has 328 valence electrons. The van der Waals surface area contributed by atoms with E-state index in [4.69, 9.17) is 23.7 Å². The van der Waals surface area contributed by atoms with Crippen LogP contribution < -0.4 is 0 Å². The van der Waals surface area contributed by atoms with E-state index in [1.54, 1.807) is 43.2 Å². The highest BCUT2D eigenvalue weighted by Crippen LogP contribution is 2.43. The van der Waals surface area contributed by atoms with Crippen LogP contribution in [0.4, 0.5) is 4.79 Å². The molecule has 5 rings (SSSR count). The molecule has 2 aromatic rings. The van der Waals surface area contributed by atoms with Gasteiger partial charge in [-0.15, -0.1) is 11.3 Å². The Labute approximate surface area is 354 Å². The molecule has 0 aromatic carbocycles. The summed E-state index contributed by atoms with van der Waals surface area (Å²) >= 11 is 1.67. The number of unbranched alkanes of at least 4 members (excludes halogenated alkanes) is 1. The average molecular weight is 842 g/mol. The lowest BCUT2D eigenvalue weighted by atomic mass is 9.73. The van der Waals surface area contributed by atoms with Gasteiger partial charge >= 0.3 is 12.1 Å². The molecule has 0 aliphatic carbocycles. The minimum atomic E-state index is -1.39. The Kier molecular flexibility index (Phi) is 15.6. The summed E-state index contributed by atoms with van der Waals surface area (Å²) in [5.74, 6) is -4.90. The molecule has 0 bridgehead atoms. The van der Waals surface area contributed by atoms with Crippen molar-refractivity contribution >= 4 is 35.0 Å². The molecular formula is C45H67N3O10S. The molecule has 2 aromatic heterocycles. The number of aryl methyl sites for hydroxylation is 1. The highest BCUT2D eigenvalue weighted by molar-refractivity contribution is 7.13. The number of cyclic esters (lactones) is 1. The first kappa shape index (κ1) is 46.8. The number of fused-ring (bicyclic) bond motifs is 1. The molecular weight excluding hydrogens is 775 g/mol. The molecule has 0 saturated carbocycles. The molecule has 3 saturated heterocycles. The number of amides is 1. The van der Waals surface area contributed by atoms with Crippen LogP contribution in [0.25, 0.3) is 10.4 Å². The third-order valence-electron chi connectivity index (χ3n) is 13.3. The van der Waals surface area contributed by atoms with Crippen LogP contribution in [0.1, 0.15) is 100.0 Å². The number of aromatic nitrogens is 1. The number of hydrogen-bond donors (Lipinski definition) is 1. The van der Waals surface area contributed by atoms with E-state index in [0.717, 1.165) is 24.0 Å². The first-order valence-corrected chi connectivity index (χ1v) is 22.3. The number of Topliss-reactive ketones (excluding diaryl/α,β-unsaturated/α-hetero) is 2. The minimum Gasteiger partial charge on any atom is -0.458 e. The Morgan fingerprint density at radius 2 is 1.76 bits per heavy atom. The molecule has 0 radical (unpaired) electrons. The van der Waals surface area contributed by atoms with Gasteiger partial charge in [0.25, 0.3) is 0 Å². The van der Waals surface area contributed by atoms with Crippen LogP contribution in [0, 0.1) is 23.7 Å². The number of ether oxygens (including phenoxy) is 5. The van der Waals surface area contributed by atoms with E-state index in [0.29, 0.717) is 25.9 Å². The minimum absolute atomic E-state index is 0.136. The van der Waals surface area contributed by atoms with Crippen LogP contribution in [0.2, 0.25) is 0 Å². The Hall–Kier alpha value is -3.27. The molecule has 0 spiro atoms. The number of aliphatic hydroxyl groups excluding tert-OH is 1. The van der Waals surface area contributed by atoms with Gasteiger partial charge in [0.05, 0.1) is 23.9 Å². The van der Waals surface area contributed by atoms with E-state index in [9.17, 15) is 24.3 Å². The van der Waals surface area contributed by atoms with Gasteiger partial charge in [-0.2, -0.15) is 0 Å². The molecule has 13 atom stereocenters. The van der Waals surface area contributed by atoms with Crippen LogP contribution in [0.3, 0.4) is 0 Å². The lowest BCUT2D eigenvalue weighted by Gasteiger charge is -2.47. The van der Waals surface area contributed by atoms with Gasteiger partial charge in [0.2, 0.25) is 0 Å². The van der Waals surface area contributed by atoms with Crippen molar-refractivity contribution in [1.82, 2.24) is 14.8 Å². The van der Waals surface area contributed by atoms with Crippen LogP contribution >= 0.6 is 11.3 Å². The number of thiophene rings is 1. The SMILES string of the molecule is CC[C@H]1OC(=O)[C@H](C)C(=O)[C@H](C)[C@@H](O[C@@H]2O[C@H](C)C[C@H](N(C)CC)[C@H]2O)[C@](C)(OC)C[C@@H](C)C(=O)[C@H](C)[C@@H]2N(CCCCc3cnccc3-c3cccs3)C(=O)O[C@@]21C. The quantitative estimate of drug-likeness (QED) is 0.137. The fourth-order valence-corrected chi connectivity index (χ4v) is 10.6. The van der Waals surface area contributed by atoms with E-state index in [1.165, 1.54) is 18.9 Å². The van der Waals surface area contributed by atoms with Crippen molar-refractivity contribution in [2.45, 2.75) is 155 Å². The lowest BCUT2D eigenvalue weighted by Crippen LogP contribution is -2.60. The molecule has 1 amide bonds. The van der Waals surface area contributed by atoms with Gasteiger partial charge in [-0.3, -0.25) is 19.4 Å². The number of methoxy groups -OCH3 is 1. The van der Waals surface area contributed by atoms with Gasteiger partial charge in [0.1, 0.15) is 23.9 Å². The second-order valence-electron chi connectivity index (χ2n) is 17.5.